The number of carbonyl (C=O) groups excluding carboxylic acids is 2. The number of rotatable bonds is 1. The standard InChI is InChI=1S/C14H17N3O2/c1-16-12(18)14(7-3-2-4-8-14)17(13(16)19)11-5-9-15-10-6-11/h5-6,9-10H,2-4,7-8H2,1H3. The van der Waals surface area contributed by atoms with E-state index in [-0.39, 0.29) is 11.9 Å². The molecule has 1 spiro atoms. The molecule has 5 nitrogen and oxygen atoms in total. The fraction of sp³-hybridized carbons (Fsp3) is 0.500. The minimum atomic E-state index is -0.661. The number of imide groups is 1. The molecule has 5 heteroatoms. The van der Waals surface area contributed by atoms with Crippen molar-refractivity contribution < 1.29 is 9.59 Å². The van der Waals surface area contributed by atoms with Crippen molar-refractivity contribution in [3.8, 4) is 0 Å². The summed E-state index contributed by atoms with van der Waals surface area (Å²) in [4.78, 5) is 31.8. The quantitative estimate of drug-likeness (QED) is 0.726. The van der Waals surface area contributed by atoms with Crippen molar-refractivity contribution in [1.29, 1.82) is 0 Å². The maximum atomic E-state index is 12.5. The van der Waals surface area contributed by atoms with Crippen LogP contribution >= 0.6 is 0 Å². The van der Waals surface area contributed by atoms with Gasteiger partial charge in [-0.15, -0.1) is 0 Å². The number of amides is 3. The molecule has 1 saturated heterocycles. The van der Waals surface area contributed by atoms with Gasteiger partial charge in [0.25, 0.3) is 5.91 Å². The normalized spacial score (nSPS) is 22.4. The highest BCUT2D eigenvalue weighted by atomic mass is 16.2. The summed E-state index contributed by atoms with van der Waals surface area (Å²) >= 11 is 0. The first-order valence-corrected chi connectivity index (χ1v) is 6.69. The maximum absolute atomic E-state index is 12.5. The Bertz CT molecular complexity index is 509. The predicted octanol–water partition coefficient (Wildman–Crippen LogP) is 2.18. The van der Waals surface area contributed by atoms with Crippen molar-refractivity contribution in [2.24, 2.45) is 0 Å². The predicted molar refractivity (Wildman–Crippen MR) is 70.7 cm³/mol. The van der Waals surface area contributed by atoms with Gasteiger partial charge in [-0.3, -0.25) is 19.6 Å². The first kappa shape index (κ1) is 12.1. The van der Waals surface area contributed by atoms with E-state index in [1.807, 2.05) is 0 Å². The third-order valence-corrected chi connectivity index (χ3v) is 4.21. The topological polar surface area (TPSA) is 53.5 Å². The van der Waals surface area contributed by atoms with Crippen LogP contribution in [0.3, 0.4) is 0 Å². The van der Waals surface area contributed by atoms with E-state index in [4.69, 9.17) is 0 Å². The molecule has 100 valence electrons. The number of hydrogen-bond donors (Lipinski definition) is 0. The Labute approximate surface area is 112 Å². The maximum Gasteiger partial charge on any atom is 0.331 e. The molecule has 0 atom stereocenters. The Kier molecular flexibility index (Phi) is 2.77. The first-order valence-electron chi connectivity index (χ1n) is 6.69. The second-order valence-electron chi connectivity index (χ2n) is 5.28. The van der Waals surface area contributed by atoms with Gasteiger partial charge in [-0.2, -0.15) is 0 Å². The highest BCUT2D eigenvalue weighted by Crippen LogP contribution is 2.42. The zero-order valence-electron chi connectivity index (χ0n) is 11.0. The Balaban J connectivity index is 2.08. The number of likely N-dealkylation sites (N-methyl/N-ethyl adjacent to an activating group) is 1. The van der Waals surface area contributed by atoms with Crippen LogP contribution in [0.5, 0.6) is 0 Å². The van der Waals surface area contributed by atoms with Crippen molar-refractivity contribution in [2.45, 2.75) is 37.6 Å². The second kappa shape index (κ2) is 4.33. The smallest absolute Gasteiger partial charge is 0.279 e. The molecule has 3 amide bonds. The molecule has 0 bridgehead atoms. The summed E-state index contributed by atoms with van der Waals surface area (Å²) in [6.07, 6.45) is 7.94. The Morgan fingerprint density at radius 2 is 1.74 bits per heavy atom. The molecular formula is C14H17N3O2. The van der Waals surface area contributed by atoms with E-state index in [0.29, 0.717) is 0 Å². The van der Waals surface area contributed by atoms with Gasteiger partial charge in [-0.25, -0.2) is 4.79 Å². The van der Waals surface area contributed by atoms with Crippen LogP contribution in [0, 0.1) is 0 Å². The van der Waals surface area contributed by atoms with E-state index in [9.17, 15) is 9.59 Å². The van der Waals surface area contributed by atoms with Gasteiger partial charge < -0.3 is 0 Å². The molecule has 2 aliphatic rings. The molecule has 19 heavy (non-hydrogen) atoms. The minimum Gasteiger partial charge on any atom is -0.279 e. The van der Waals surface area contributed by atoms with Crippen molar-refractivity contribution >= 4 is 17.6 Å². The molecule has 0 unspecified atom stereocenters. The summed E-state index contributed by atoms with van der Waals surface area (Å²) in [7, 11) is 1.57. The van der Waals surface area contributed by atoms with Crippen molar-refractivity contribution in [2.75, 3.05) is 11.9 Å². The number of aromatic nitrogens is 1. The van der Waals surface area contributed by atoms with Crippen LogP contribution in [0.4, 0.5) is 10.5 Å². The first-order chi connectivity index (χ1) is 9.17. The fourth-order valence-corrected chi connectivity index (χ4v) is 3.25. The van der Waals surface area contributed by atoms with Crippen LogP contribution in [0.2, 0.25) is 0 Å². The van der Waals surface area contributed by atoms with Gasteiger partial charge in [0.1, 0.15) is 5.54 Å². The highest BCUT2D eigenvalue weighted by Gasteiger charge is 2.56. The van der Waals surface area contributed by atoms with Gasteiger partial charge in [0.2, 0.25) is 0 Å². The lowest BCUT2D eigenvalue weighted by Gasteiger charge is -2.38. The zero-order chi connectivity index (χ0) is 13.5. The molecular weight excluding hydrogens is 242 g/mol. The van der Waals surface area contributed by atoms with Gasteiger partial charge in [0.15, 0.2) is 0 Å². The summed E-state index contributed by atoms with van der Waals surface area (Å²) in [6, 6.07) is 3.36. The molecule has 2 fully saturated rings. The van der Waals surface area contributed by atoms with E-state index < -0.39 is 5.54 Å². The van der Waals surface area contributed by atoms with Gasteiger partial charge in [-0.05, 0) is 25.0 Å². The Morgan fingerprint density at radius 1 is 1.11 bits per heavy atom. The van der Waals surface area contributed by atoms with E-state index in [0.717, 1.165) is 37.8 Å². The van der Waals surface area contributed by atoms with Crippen LogP contribution in [0.15, 0.2) is 24.5 Å². The molecule has 0 radical (unpaired) electrons. The van der Waals surface area contributed by atoms with Crippen LogP contribution < -0.4 is 4.90 Å². The molecule has 1 saturated carbocycles. The molecule has 2 heterocycles. The van der Waals surface area contributed by atoms with E-state index in [1.54, 1.807) is 36.5 Å². The average Bonchev–Trinajstić information content (AvgIpc) is 2.63. The zero-order valence-corrected chi connectivity index (χ0v) is 11.0. The third-order valence-electron chi connectivity index (χ3n) is 4.21. The number of anilines is 1. The molecule has 3 rings (SSSR count). The molecule has 1 aliphatic heterocycles. The number of carbonyl (C=O) groups is 2. The average molecular weight is 259 g/mol. The van der Waals surface area contributed by atoms with Crippen LogP contribution in [-0.4, -0.2) is 34.4 Å². The van der Waals surface area contributed by atoms with E-state index in [2.05, 4.69) is 4.98 Å². The summed E-state index contributed by atoms with van der Waals surface area (Å²) in [5.74, 6) is -0.0611. The SMILES string of the molecule is CN1C(=O)N(c2ccncc2)C2(CCCCC2)C1=O. The lowest BCUT2D eigenvalue weighted by Crippen LogP contribution is -2.51. The lowest BCUT2D eigenvalue weighted by atomic mass is 9.80. The summed E-state index contributed by atoms with van der Waals surface area (Å²) < 4.78 is 0. The van der Waals surface area contributed by atoms with Gasteiger partial charge in [0.05, 0.1) is 0 Å². The Hall–Kier alpha value is -1.91. The van der Waals surface area contributed by atoms with Gasteiger partial charge in [0, 0.05) is 25.1 Å². The van der Waals surface area contributed by atoms with E-state index >= 15 is 0 Å². The van der Waals surface area contributed by atoms with Crippen molar-refractivity contribution in [3.05, 3.63) is 24.5 Å². The minimum absolute atomic E-state index is 0.0611. The molecule has 1 aromatic heterocycles. The Morgan fingerprint density at radius 3 is 2.37 bits per heavy atom. The number of pyridine rings is 1. The summed E-state index contributed by atoms with van der Waals surface area (Å²) in [5.41, 5.74) is 0.102. The van der Waals surface area contributed by atoms with Gasteiger partial charge in [-0.1, -0.05) is 19.3 Å². The molecule has 1 aromatic rings. The number of nitrogens with zero attached hydrogens (tertiary/aromatic N) is 3. The van der Waals surface area contributed by atoms with Crippen LogP contribution in [-0.2, 0) is 4.79 Å². The molecule has 0 aromatic carbocycles. The van der Waals surface area contributed by atoms with Crippen LogP contribution in [0.25, 0.3) is 0 Å². The second-order valence-corrected chi connectivity index (χ2v) is 5.28. The van der Waals surface area contributed by atoms with Crippen molar-refractivity contribution in [3.63, 3.8) is 0 Å². The molecule has 1 aliphatic carbocycles. The summed E-state index contributed by atoms with van der Waals surface area (Å²) in [6.45, 7) is 0. The number of urea groups is 1. The fourth-order valence-electron chi connectivity index (χ4n) is 3.25. The number of hydrogen-bond acceptors (Lipinski definition) is 3. The summed E-state index contributed by atoms with van der Waals surface area (Å²) in [5, 5.41) is 0. The highest BCUT2D eigenvalue weighted by molar-refractivity contribution is 6.16. The lowest BCUT2D eigenvalue weighted by molar-refractivity contribution is -0.130. The molecule has 0 N–H and O–H groups in total. The van der Waals surface area contributed by atoms with E-state index in [1.165, 1.54) is 4.90 Å². The third kappa shape index (κ3) is 1.64. The largest absolute Gasteiger partial charge is 0.331 e. The van der Waals surface area contributed by atoms with Crippen LogP contribution in [0.1, 0.15) is 32.1 Å². The van der Waals surface area contributed by atoms with Gasteiger partial charge >= 0.3 is 6.03 Å². The monoisotopic (exact) mass is 259 g/mol. The van der Waals surface area contributed by atoms with Crippen molar-refractivity contribution in [1.82, 2.24) is 9.88 Å².